The molecule has 1 N–H and O–H groups in total. The fourth-order valence-corrected chi connectivity index (χ4v) is 1.30. The molecule has 0 spiro atoms. The summed E-state index contributed by atoms with van der Waals surface area (Å²) < 4.78 is 13.2. The Hall–Kier alpha value is -0.650. The van der Waals surface area contributed by atoms with E-state index in [0.717, 1.165) is 0 Å². The lowest BCUT2D eigenvalue weighted by atomic mass is 10.3. The molecule has 58 valence electrons. The topological polar surface area (TPSA) is 29.1 Å². The van der Waals surface area contributed by atoms with E-state index in [0.29, 0.717) is 15.7 Å². The van der Waals surface area contributed by atoms with Crippen LogP contribution in [0.2, 0.25) is 0 Å². The Balaban J connectivity index is 2.98. The van der Waals surface area contributed by atoms with E-state index in [2.05, 4.69) is 5.32 Å². The number of hydrogen-bond donors (Lipinski definition) is 1. The molecule has 1 rings (SSSR count). The van der Waals surface area contributed by atoms with Gasteiger partial charge >= 0.3 is 0 Å². The van der Waals surface area contributed by atoms with Crippen LogP contribution in [0.1, 0.15) is 0 Å². The average Bonchev–Trinajstić information content (AvgIpc) is 1.95. The molecule has 0 atom stereocenters. The van der Waals surface area contributed by atoms with Crippen molar-refractivity contribution in [3.05, 3.63) is 27.6 Å². The fourth-order valence-electron chi connectivity index (χ4n) is 0.670. The van der Waals surface area contributed by atoms with Gasteiger partial charge < -0.3 is 5.32 Å². The largest absolute Gasteiger partial charge is 0.328 e. The number of carbonyl (C=O) groups is 1. The summed E-state index contributed by atoms with van der Waals surface area (Å²) in [5.41, 5.74) is 0.627. The quantitative estimate of drug-likeness (QED) is 0.643. The van der Waals surface area contributed by atoms with Gasteiger partial charge in [0.25, 0.3) is 0 Å². The van der Waals surface area contributed by atoms with E-state index < -0.39 is 0 Å². The molecule has 0 aromatic heterocycles. The summed E-state index contributed by atoms with van der Waals surface area (Å²) in [7, 11) is 0. The van der Waals surface area contributed by atoms with Crippen LogP contribution in [0.25, 0.3) is 0 Å². The van der Waals surface area contributed by atoms with Gasteiger partial charge in [-0.2, -0.15) is 0 Å². The molecular formula is C7H5FINO. The zero-order chi connectivity index (χ0) is 8.27. The minimum atomic E-state index is -0.300. The summed E-state index contributed by atoms with van der Waals surface area (Å²) in [4.78, 5) is 10.0. The second kappa shape index (κ2) is 3.66. The van der Waals surface area contributed by atoms with Crippen molar-refractivity contribution in [2.24, 2.45) is 0 Å². The minimum absolute atomic E-state index is 0.300. The summed E-state index contributed by atoms with van der Waals surface area (Å²) in [6.07, 6.45) is 0.565. The summed E-state index contributed by atoms with van der Waals surface area (Å²) in [5.74, 6) is -0.300. The predicted molar refractivity (Wildman–Crippen MR) is 48.8 cm³/mol. The van der Waals surface area contributed by atoms with Gasteiger partial charge in [-0.1, -0.05) is 0 Å². The highest BCUT2D eigenvalue weighted by Crippen LogP contribution is 2.17. The van der Waals surface area contributed by atoms with Crippen LogP contribution in [0, 0.1) is 9.39 Å². The van der Waals surface area contributed by atoms with Crippen molar-refractivity contribution >= 4 is 34.7 Å². The standard InChI is InChI=1S/C7H5FINO/c8-5-1-2-7(10-4-11)6(9)3-5/h1-4H,(H,10,11). The Kier molecular flexibility index (Phi) is 2.81. The Morgan fingerprint density at radius 2 is 2.27 bits per heavy atom. The third-order valence-electron chi connectivity index (χ3n) is 1.15. The molecule has 2 nitrogen and oxygen atoms in total. The van der Waals surface area contributed by atoms with Crippen molar-refractivity contribution in [2.75, 3.05) is 5.32 Å². The first-order valence-corrected chi connectivity index (χ1v) is 3.97. The molecule has 0 aliphatic rings. The van der Waals surface area contributed by atoms with E-state index >= 15 is 0 Å². The molecule has 0 saturated heterocycles. The van der Waals surface area contributed by atoms with E-state index in [4.69, 9.17) is 0 Å². The zero-order valence-corrected chi connectivity index (χ0v) is 7.63. The van der Waals surface area contributed by atoms with Crippen molar-refractivity contribution in [1.29, 1.82) is 0 Å². The van der Waals surface area contributed by atoms with Gasteiger partial charge in [0.2, 0.25) is 6.41 Å². The van der Waals surface area contributed by atoms with Crippen molar-refractivity contribution < 1.29 is 9.18 Å². The highest BCUT2D eigenvalue weighted by atomic mass is 127. The molecule has 0 unspecified atom stereocenters. The number of hydrogen-bond acceptors (Lipinski definition) is 1. The van der Waals surface area contributed by atoms with E-state index in [9.17, 15) is 9.18 Å². The predicted octanol–water partition coefficient (Wildman–Crippen LogP) is 2.00. The van der Waals surface area contributed by atoms with Crippen molar-refractivity contribution in [3.8, 4) is 0 Å². The number of carbonyl (C=O) groups excluding carboxylic acids is 1. The first-order chi connectivity index (χ1) is 5.24. The molecule has 0 saturated carbocycles. The van der Waals surface area contributed by atoms with Crippen LogP contribution < -0.4 is 5.32 Å². The number of amides is 1. The number of anilines is 1. The second-order valence-corrected chi connectivity index (χ2v) is 3.05. The zero-order valence-electron chi connectivity index (χ0n) is 5.47. The van der Waals surface area contributed by atoms with Crippen LogP contribution in [-0.2, 0) is 4.79 Å². The van der Waals surface area contributed by atoms with E-state index in [1.807, 2.05) is 22.6 Å². The Morgan fingerprint density at radius 3 is 2.82 bits per heavy atom. The molecule has 0 fully saturated rings. The maximum Gasteiger partial charge on any atom is 0.211 e. The third-order valence-corrected chi connectivity index (χ3v) is 2.04. The van der Waals surface area contributed by atoms with Crippen LogP contribution in [0.5, 0.6) is 0 Å². The molecule has 0 radical (unpaired) electrons. The maximum absolute atomic E-state index is 12.5. The van der Waals surface area contributed by atoms with Crippen LogP contribution in [0.4, 0.5) is 10.1 Å². The van der Waals surface area contributed by atoms with Gasteiger partial charge in [-0.15, -0.1) is 0 Å². The third kappa shape index (κ3) is 2.14. The lowest BCUT2D eigenvalue weighted by Gasteiger charge is -2.00. The average molecular weight is 265 g/mol. The van der Waals surface area contributed by atoms with E-state index in [-0.39, 0.29) is 5.82 Å². The molecule has 0 aliphatic carbocycles. The van der Waals surface area contributed by atoms with Crippen LogP contribution >= 0.6 is 22.6 Å². The summed E-state index contributed by atoms with van der Waals surface area (Å²) in [6, 6.07) is 4.17. The van der Waals surface area contributed by atoms with Gasteiger partial charge in [-0.25, -0.2) is 4.39 Å². The maximum atomic E-state index is 12.5. The number of benzene rings is 1. The van der Waals surface area contributed by atoms with E-state index in [1.165, 1.54) is 18.2 Å². The molecule has 11 heavy (non-hydrogen) atoms. The lowest BCUT2D eigenvalue weighted by molar-refractivity contribution is -0.105. The Morgan fingerprint density at radius 1 is 1.55 bits per heavy atom. The normalized spacial score (nSPS) is 9.27. The molecule has 0 bridgehead atoms. The first-order valence-electron chi connectivity index (χ1n) is 2.89. The Bertz CT molecular complexity index is 277. The number of rotatable bonds is 2. The highest BCUT2D eigenvalue weighted by Gasteiger charge is 1.98. The smallest absolute Gasteiger partial charge is 0.211 e. The first kappa shape index (κ1) is 8.45. The lowest BCUT2D eigenvalue weighted by Crippen LogP contribution is -1.96. The summed E-state index contributed by atoms with van der Waals surface area (Å²) in [6.45, 7) is 0. The van der Waals surface area contributed by atoms with Gasteiger partial charge in [-0.05, 0) is 40.8 Å². The van der Waals surface area contributed by atoms with Gasteiger partial charge in [0.05, 0.1) is 5.69 Å². The molecule has 4 heteroatoms. The molecule has 1 aromatic rings. The summed E-state index contributed by atoms with van der Waals surface area (Å²) in [5, 5.41) is 2.45. The van der Waals surface area contributed by atoms with E-state index in [1.54, 1.807) is 0 Å². The molecule has 0 aliphatic heterocycles. The van der Waals surface area contributed by atoms with Crippen molar-refractivity contribution in [3.63, 3.8) is 0 Å². The highest BCUT2D eigenvalue weighted by molar-refractivity contribution is 14.1. The van der Waals surface area contributed by atoms with Gasteiger partial charge in [0.15, 0.2) is 0 Å². The van der Waals surface area contributed by atoms with Crippen molar-refractivity contribution in [1.82, 2.24) is 0 Å². The molecule has 1 aromatic carbocycles. The number of nitrogens with one attached hydrogen (secondary N) is 1. The van der Waals surface area contributed by atoms with Crippen molar-refractivity contribution in [2.45, 2.75) is 0 Å². The monoisotopic (exact) mass is 265 g/mol. The SMILES string of the molecule is O=CNc1ccc(F)cc1I. The van der Waals surface area contributed by atoms with Gasteiger partial charge in [0, 0.05) is 3.57 Å². The van der Waals surface area contributed by atoms with Crippen LogP contribution in [0.3, 0.4) is 0 Å². The van der Waals surface area contributed by atoms with Crippen LogP contribution in [0.15, 0.2) is 18.2 Å². The Labute approximate surface area is 76.9 Å². The summed E-state index contributed by atoms with van der Waals surface area (Å²) >= 11 is 1.95. The minimum Gasteiger partial charge on any atom is -0.328 e. The molecule has 1 amide bonds. The van der Waals surface area contributed by atoms with Gasteiger partial charge in [0.1, 0.15) is 5.82 Å². The molecular weight excluding hydrogens is 260 g/mol. The number of halogens is 2. The second-order valence-electron chi connectivity index (χ2n) is 1.89. The van der Waals surface area contributed by atoms with Gasteiger partial charge in [-0.3, -0.25) is 4.79 Å². The molecule has 0 heterocycles. The van der Waals surface area contributed by atoms with Crippen LogP contribution in [-0.4, -0.2) is 6.41 Å². The fraction of sp³-hybridized carbons (Fsp3) is 0.